The Morgan fingerprint density at radius 3 is 2.59 bits per heavy atom. The fourth-order valence-corrected chi connectivity index (χ4v) is 3.51. The summed E-state index contributed by atoms with van der Waals surface area (Å²) in [5.74, 6) is 1.12. The summed E-state index contributed by atoms with van der Waals surface area (Å²) in [5.41, 5.74) is 1.74. The lowest BCUT2D eigenvalue weighted by molar-refractivity contribution is 0.0654. The molecule has 2 heterocycles. The summed E-state index contributed by atoms with van der Waals surface area (Å²) in [6.07, 6.45) is 5.81. The zero-order chi connectivity index (χ0) is 16.3. The highest BCUT2D eigenvalue weighted by Gasteiger charge is 2.28. The first-order valence-corrected chi connectivity index (χ1v) is 8.75. The molecule has 1 saturated heterocycles. The largest absolute Gasteiger partial charge is 0.334 e. The van der Waals surface area contributed by atoms with E-state index in [4.69, 9.17) is 0 Å². The fraction of sp³-hybridized carbons (Fsp3) is 0.778. The predicted octanol–water partition coefficient (Wildman–Crippen LogP) is 3.97. The maximum atomic E-state index is 13.0. The van der Waals surface area contributed by atoms with Gasteiger partial charge < -0.3 is 4.90 Å². The number of carbonyl (C=O) groups excluding carboxylic acids is 1. The third kappa shape index (κ3) is 3.90. The van der Waals surface area contributed by atoms with Crippen LogP contribution in [0.4, 0.5) is 0 Å². The molecule has 0 unspecified atom stereocenters. The van der Waals surface area contributed by atoms with Gasteiger partial charge in [0.2, 0.25) is 0 Å². The lowest BCUT2D eigenvalue weighted by atomic mass is 9.98. The molecule has 0 aromatic carbocycles. The summed E-state index contributed by atoms with van der Waals surface area (Å²) in [7, 11) is 1.93. The summed E-state index contributed by atoms with van der Waals surface area (Å²) in [6, 6.07) is 2.35. The van der Waals surface area contributed by atoms with Gasteiger partial charge in [-0.3, -0.25) is 9.48 Å². The number of likely N-dealkylation sites (tertiary alicyclic amines) is 1. The van der Waals surface area contributed by atoms with Gasteiger partial charge in [0.1, 0.15) is 0 Å². The maximum absolute atomic E-state index is 13.0. The first kappa shape index (κ1) is 17.0. The molecule has 0 bridgehead atoms. The molecule has 4 nitrogen and oxygen atoms in total. The van der Waals surface area contributed by atoms with E-state index in [0.717, 1.165) is 31.5 Å². The number of hydrogen-bond acceptors (Lipinski definition) is 2. The maximum Gasteiger partial charge on any atom is 0.274 e. The predicted molar refractivity (Wildman–Crippen MR) is 90.0 cm³/mol. The Balaban J connectivity index is 2.22. The van der Waals surface area contributed by atoms with Crippen LogP contribution in [-0.2, 0) is 7.05 Å². The van der Waals surface area contributed by atoms with Crippen molar-refractivity contribution in [3.8, 4) is 0 Å². The van der Waals surface area contributed by atoms with Gasteiger partial charge in [0, 0.05) is 25.3 Å². The molecule has 4 heteroatoms. The van der Waals surface area contributed by atoms with Crippen LogP contribution < -0.4 is 0 Å². The molecular weight excluding hydrogens is 274 g/mol. The van der Waals surface area contributed by atoms with Crippen LogP contribution in [0.5, 0.6) is 0 Å². The minimum absolute atomic E-state index is 0.120. The van der Waals surface area contributed by atoms with Crippen molar-refractivity contribution in [2.75, 3.05) is 6.54 Å². The Morgan fingerprint density at radius 1 is 1.27 bits per heavy atom. The topological polar surface area (TPSA) is 38.1 Å². The minimum Gasteiger partial charge on any atom is -0.334 e. The molecule has 124 valence electrons. The third-order valence-electron chi connectivity index (χ3n) is 4.61. The second-order valence-electron chi connectivity index (χ2n) is 7.36. The lowest BCUT2D eigenvalue weighted by Gasteiger charge is -2.30. The van der Waals surface area contributed by atoms with Gasteiger partial charge in [-0.05, 0) is 37.2 Å². The number of nitrogens with zero attached hydrogens (tertiary/aromatic N) is 3. The van der Waals surface area contributed by atoms with E-state index < -0.39 is 0 Å². The fourth-order valence-electron chi connectivity index (χ4n) is 3.51. The van der Waals surface area contributed by atoms with Gasteiger partial charge in [-0.25, -0.2) is 0 Å². The van der Waals surface area contributed by atoms with Crippen LogP contribution in [0.1, 0.15) is 81.9 Å². The molecule has 22 heavy (non-hydrogen) atoms. The highest BCUT2D eigenvalue weighted by atomic mass is 16.2. The van der Waals surface area contributed by atoms with Crippen LogP contribution >= 0.6 is 0 Å². The Kier molecular flexibility index (Phi) is 5.65. The molecule has 1 aliphatic rings. The van der Waals surface area contributed by atoms with E-state index in [1.165, 1.54) is 12.8 Å². The van der Waals surface area contributed by atoms with Crippen LogP contribution in [0.2, 0.25) is 0 Å². The van der Waals surface area contributed by atoms with Crippen LogP contribution in [0.3, 0.4) is 0 Å². The lowest BCUT2D eigenvalue weighted by Crippen LogP contribution is -2.41. The molecule has 0 saturated carbocycles. The van der Waals surface area contributed by atoms with Gasteiger partial charge in [-0.2, -0.15) is 5.10 Å². The second-order valence-corrected chi connectivity index (χ2v) is 7.36. The van der Waals surface area contributed by atoms with Crippen LogP contribution in [-0.4, -0.2) is 33.2 Å². The van der Waals surface area contributed by atoms with E-state index in [0.29, 0.717) is 23.6 Å². The van der Waals surface area contributed by atoms with E-state index in [2.05, 4.69) is 37.7 Å². The molecule has 2 rings (SSSR count). The Labute approximate surface area is 134 Å². The number of carbonyl (C=O) groups is 1. The van der Waals surface area contributed by atoms with Crippen molar-refractivity contribution in [1.29, 1.82) is 0 Å². The zero-order valence-electron chi connectivity index (χ0n) is 14.8. The summed E-state index contributed by atoms with van der Waals surface area (Å²) in [4.78, 5) is 15.1. The third-order valence-corrected chi connectivity index (χ3v) is 4.61. The standard InChI is InChI=1S/C18H31N3O/c1-13(2)11-15-9-7-6-8-10-21(15)18(22)16-12-17(14(3)4)20(5)19-16/h12-15H,6-11H2,1-5H3/t15-/m1/s1. The minimum atomic E-state index is 0.120. The molecule has 0 spiro atoms. The number of rotatable bonds is 4. The van der Waals surface area contributed by atoms with Gasteiger partial charge in [0.25, 0.3) is 5.91 Å². The van der Waals surface area contributed by atoms with Crippen LogP contribution in [0, 0.1) is 5.92 Å². The first-order valence-electron chi connectivity index (χ1n) is 8.75. The summed E-state index contributed by atoms with van der Waals surface area (Å²) >= 11 is 0. The Morgan fingerprint density at radius 2 is 2.00 bits per heavy atom. The van der Waals surface area contributed by atoms with E-state index in [1.54, 1.807) is 0 Å². The zero-order valence-corrected chi connectivity index (χ0v) is 14.8. The van der Waals surface area contributed by atoms with E-state index >= 15 is 0 Å². The van der Waals surface area contributed by atoms with Crippen LogP contribution in [0.15, 0.2) is 6.07 Å². The number of amides is 1. The molecule has 1 amide bonds. The molecule has 1 aliphatic heterocycles. The molecule has 0 aliphatic carbocycles. The average Bonchev–Trinajstić information content (AvgIpc) is 2.68. The monoisotopic (exact) mass is 305 g/mol. The Bertz CT molecular complexity index is 504. The SMILES string of the molecule is CC(C)C[C@H]1CCCCCN1C(=O)c1cc(C(C)C)n(C)n1. The van der Waals surface area contributed by atoms with E-state index in [-0.39, 0.29) is 5.91 Å². The van der Waals surface area contributed by atoms with E-state index in [9.17, 15) is 4.79 Å². The molecule has 1 aromatic rings. The highest BCUT2D eigenvalue weighted by molar-refractivity contribution is 5.92. The van der Waals surface area contributed by atoms with Crippen molar-refractivity contribution in [3.63, 3.8) is 0 Å². The number of aryl methyl sites for hydroxylation is 1. The molecule has 1 aromatic heterocycles. The number of aromatic nitrogens is 2. The molecule has 1 atom stereocenters. The summed E-state index contributed by atoms with van der Waals surface area (Å²) < 4.78 is 1.85. The van der Waals surface area contributed by atoms with Crippen molar-refractivity contribution >= 4 is 5.91 Å². The first-order chi connectivity index (χ1) is 10.4. The van der Waals surface area contributed by atoms with Gasteiger partial charge >= 0.3 is 0 Å². The molecule has 0 N–H and O–H groups in total. The van der Waals surface area contributed by atoms with Crippen molar-refractivity contribution in [3.05, 3.63) is 17.5 Å². The van der Waals surface area contributed by atoms with Gasteiger partial charge in [0.05, 0.1) is 0 Å². The normalized spacial score (nSPS) is 19.8. The molecule has 1 fully saturated rings. The number of hydrogen-bond donors (Lipinski definition) is 0. The van der Waals surface area contributed by atoms with E-state index in [1.807, 2.05) is 17.8 Å². The van der Waals surface area contributed by atoms with Crippen molar-refractivity contribution in [1.82, 2.24) is 14.7 Å². The van der Waals surface area contributed by atoms with Gasteiger partial charge in [0.15, 0.2) is 5.69 Å². The highest BCUT2D eigenvalue weighted by Crippen LogP contribution is 2.25. The molecular formula is C18H31N3O. The Hall–Kier alpha value is -1.32. The van der Waals surface area contributed by atoms with Crippen LogP contribution in [0.25, 0.3) is 0 Å². The average molecular weight is 305 g/mol. The molecule has 0 radical (unpaired) electrons. The smallest absolute Gasteiger partial charge is 0.274 e. The van der Waals surface area contributed by atoms with Crippen molar-refractivity contribution in [2.45, 2.75) is 71.8 Å². The van der Waals surface area contributed by atoms with Gasteiger partial charge in [-0.15, -0.1) is 0 Å². The quantitative estimate of drug-likeness (QED) is 0.844. The van der Waals surface area contributed by atoms with Crippen molar-refractivity contribution < 1.29 is 4.79 Å². The van der Waals surface area contributed by atoms with Gasteiger partial charge in [-0.1, -0.05) is 40.5 Å². The summed E-state index contributed by atoms with van der Waals surface area (Å²) in [6.45, 7) is 9.64. The van der Waals surface area contributed by atoms with Crippen molar-refractivity contribution in [2.24, 2.45) is 13.0 Å². The second kappa shape index (κ2) is 7.30. The summed E-state index contributed by atoms with van der Waals surface area (Å²) in [5, 5.41) is 4.48.